The maximum Gasteiger partial charge on any atom is 0.0184 e. The van der Waals surface area contributed by atoms with E-state index >= 15 is 0 Å². The standard InChI is InChI=1S/C14H21NS/c1-2-6-13(7-3-1)12-16-11-9-14-8-4-5-10-15-14/h1-3,6-7,14-15H,4-5,8-12H2/t14-/m0/s1. The third-order valence-electron chi connectivity index (χ3n) is 3.13. The van der Waals surface area contributed by atoms with Gasteiger partial charge in [-0.2, -0.15) is 11.8 Å². The predicted molar refractivity (Wildman–Crippen MR) is 72.9 cm³/mol. The molecule has 0 radical (unpaired) electrons. The van der Waals surface area contributed by atoms with E-state index in [1.807, 2.05) is 0 Å². The number of nitrogens with one attached hydrogen (secondary N) is 1. The van der Waals surface area contributed by atoms with Crippen LogP contribution in [0.25, 0.3) is 0 Å². The lowest BCUT2D eigenvalue weighted by molar-refractivity contribution is 0.395. The minimum absolute atomic E-state index is 0.789. The fourth-order valence-electron chi connectivity index (χ4n) is 2.16. The second-order valence-corrected chi connectivity index (χ2v) is 5.58. The lowest BCUT2D eigenvalue weighted by atomic mass is 10.0. The molecular weight excluding hydrogens is 214 g/mol. The molecule has 2 rings (SSSR count). The first kappa shape index (κ1) is 12.0. The SMILES string of the molecule is c1ccc(CSCC[C@@H]2CCCCN2)cc1. The van der Waals surface area contributed by atoms with E-state index in [2.05, 4.69) is 47.4 Å². The van der Waals surface area contributed by atoms with E-state index in [4.69, 9.17) is 0 Å². The fraction of sp³-hybridized carbons (Fsp3) is 0.571. The van der Waals surface area contributed by atoms with Gasteiger partial charge in [-0.3, -0.25) is 0 Å². The van der Waals surface area contributed by atoms with E-state index in [0.717, 1.165) is 11.8 Å². The molecule has 0 amide bonds. The van der Waals surface area contributed by atoms with E-state index in [0.29, 0.717) is 0 Å². The lowest BCUT2D eigenvalue weighted by Gasteiger charge is -2.23. The van der Waals surface area contributed by atoms with Crippen LogP contribution >= 0.6 is 11.8 Å². The van der Waals surface area contributed by atoms with E-state index in [1.165, 1.54) is 43.5 Å². The second-order valence-electron chi connectivity index (χ2n) is 4.47. The van der Waals surface area contributed by atoms with E-state index < -0.39 is 0 Å². The molecule has 1 aliphatic rings. The molecule has 0 spiro atoms. The maximum atomic E-state index is 3.60. The third-order valence-corrected chi connectivity index (χ3v) is 4.20. The minimum atomic E-state index is 0.789. The normalized spacial score (nSPS) is 20.9. The smallest absolute Gasteiger partial charge is 0.0184 e. The van der Waals surface area contributed by atoms with Crippen LogP contribution in [0, 0.1) is 0 Å². The molecule has 1 saturated heterocycles. The molecule has 1 nitrogen and oxygen atoms in total. The number of hydrogen-bond acceptors (Lipinski definition) is 2. The molecule has 1 aliphatic heterocycles. The first-order chi connectivity index (χ1) is 7.95. The Kier molecular flexibility index (Phi) is 5.23. The molecule has 16 heavy (non-hydrogen) atoms. The number of piperidine rings is 1. The van der Waals surface area contributed by atoms with Crippen LogP contribution in [0.3, 0.4) is 0 Å². The van der Waals surface area contributed by atoms with Crippen molar-refractivity contribution in [1.82, 2.24) is 5.32 Å². The van der Waals surface area contributed by atoms with E-state index in [9.17, 15) is 0 Å². The minimum Gasteiger partial charge on any atom is -0.314 e. The number of hydrogen-bond donors (Lipinski definition) is 1. The molecule has 0 saturated carbocycles. The monoisotopic (exact) mass is 235 g/mol. The summed E-state index contributed by atoms with van der Waals surface area (Å²) in [7, 11) is 0. The topological polar surface area (TPSA) is 12.0 Å². The maximum absolute atomic E-state index is 3.60. The Hall–Kier alpha value is -0.470. The van der Waals surface area contributed by atoms with Gasteiger partial charge in [0.15, 0.2) is 0 Å². The highest BCUT2D eigenvalue weighted by Crippen LogP contribution is 2.16. The van der Waals surface area contributed by atoms with Crippen molar-refractivity contribution in [2.24, 2.45) is 0 Å². The van der Waals surface area contributed by atoms with Crippen molar-refractivity contribution < 1.29 is 0 Å². The predicted octanol–water partition coefficient (Wildman–Crippen LogP) is 3.45. The summed E-state index contributed by atoms with van der Waals surface area (Å²) in [6, 6.07) is 11.5. The summed E-state index contributed by atoms with van der Waals surface area (Å²) in [5.74, 6) is 2.44. The first-order valence-corrected chi connectivity index (χ1v) is 7.46. The summed E-state index contributed by atoms with van der Waals surface area (Å²) < 4.78 is 0. The zero-order valence-electron chi connectivity index (χ0n) is 9.82. The number of rotatable bonds is 5. The molecule has 1 aromatic rings. The lowest BCUT2D eigenvalue weighted by Crippen LogP contribution is -2.34. The van der Waals surface area contributed by atoms with Crippen LogP contribution in [-0.4, -0.2) is 18.3 Å². The summed E-state index contributed by atoms with van der Waals surface area (Å²) in [5.41, 5.74) is 1.45. The van der Waals surface area contributed by atoms with Gasteiger partial charge in [-0.25, -0.2) is 0 Å². The Morgan fingerprint density at radius 3 is 2.81 bits per heavy atom. The van der Waals surface area contributed by atoms with E-state index in [-0.39, 0.29) is 0 Å². The van der Waals surface area contributed by atoms with Crippen LogP contribution in [0.2, 0.25) is 0 Å². The van der Waals surface area contributed by atoms with Crippen molar-refractivity contribution in [2.75, 3.05) is 12.3 Å². The van der Waals surface area contributed by atoms with Crippen LogP contribution in [0.15, 0.2) is 30.3 Å². The molecule has 1 atom stereocenters. The van der Waals surface area contributed by atoms with Gasteiger partial charge in [0, 0.05) is 11.8 Å². The highest BCUT2D eigenvalue weighted by atomic mass is 32.2. The Morgan fingerprint density at radius 2 is 2.06 bits per heavy atom. The Morgan fingerprint density at radius 1 is 1.19 bits per heavy atom. The van der Waals surface area contributed by atoms with Crippen LogP contribution in [0.5, 0.6) is 0 Å². The molecule has 1 aromatic carbocycles. The summed E-state index contributed by atoms with van der Waals surface area (Å²) in [4.78, 5) is 0. The molecule has 0 bridgehead atoms. The van der Waals surface area contributed by atoms with Gasteiger partial charge < -0.3 is 5.32 Å². The summed E-state index contributed by atoms with van der Waals surface area (Å²) in [5, 5.41) is 3.60. The highest BCUT2D eigenvalue weighted by Gasteiger charge is 2.11. The third kappa shape index (κ3) is 4.18. The van der Waals surface area contributed by atoms with Crippen molar-refractivity contribution in [2.45, 2.75) is 37.5 Å². The summed E-state index contributed by atoms with van der Waals surface area (Å²) in [6.45, 7) is 1.23. The molecule has 1 fully saturated rings. The van der Waals surface area contributed by atoms with Gasteiger partial charge in [-0.05, 0) is 37.1 Å². The average molecular weight is 235 g/mol. The molecule has 1 N–H and O–H groups in total. The zero-order chi connectivity index (χ0) is 11.1. The molecule has 0 unspecified atom stereocenters. The van der Waals surface area contributed by atoms with Crippen molar-refractivity contribution >= 4 is 11.8 Å². The van der Waals surface area contributed by atoms with Crippen molar-refractivity contribution in [3.05, 3.63) is 35.9 Å². The molecule has 1 heterocycles. The van der Waals surface area contributed by atoms with Gasteiger partial charge in [-0.15, -0.1) is 0 Å². The molecule has 0 aliphatic carbocycles. The second kappa shape index (κ2) is 6.97. The van der Waals surface area contributed by atoms with Crippen molar-refractivity contribution in [1.29, 1.82) is 0 Å². The van der Waals surface area contributed by atoms with Crippen LogP contribution in [0.1, 0.15) is 31.2 Å². The molecule has 2 heteroatoms. The van der Waals surface area contributed by atoms with Gasteiger partial charge in [-0.1, -0.05) is 36.8 Å². The fourth-order valence-corrected chi connectivity index (χ4v) is 3.18. The van der Waals surface area contributed by atoms with Gasteiger partial charge in [0.25, 0.3) is 0 Å². The summed E-state index contributed by atoms with van der Waals surface area (Å²) in [6.07, 6.45) is 5.50. The van der Waals surface area contributed by atoms with E-state index in [1.54, 1.807) is 0 Å². The van der Waals surface area contributed by atoms with Gasteiger partial charge in [0.2, 0.25) is 0 Å². The molecular formula is C14H21NS. The first-order valence-electron chi connectivity index (χ1n) is 6.30. The Labute approximate surface area is 103 Å². The molecule has 0 aromatic heterocycles. The highest BCUT2D eigenvalue weighted by molar-refractivity contribution is 7.98. The largest absolute Gasteiger partial charge is 0.314 e. The zero-order valence-corrected chi connectivity index (χ0v) is 10.6. The quantitative estimate of drug-likeness (QED) is 0.785. The van der Waals surface area contributed by atoms with Gasteiger partial charge in [0.1, 0.15) is 0 Å². The van der Waals surface area contributed by atoms with Crippen molar-refractivity contribution in [3.63, 3.8) is 0 Å². The summed E-state index contributed by atoms with van der Waals surface area (Å²) >= 11 is 2.06. The number of benzene rings is 1. The van der Waals surface area contributed by atoms with Gasteiger partial charge in [0.05, 0.1) is 0 Å². The van der Waals surface area contributed by atoms with Crippen LogP contribution in [-0.2, 0) is 5.75 Å². The van der Waals surface area contributed by atoms with Crippen LogP contribution in [0.4, 0.5) is 0 Å². The van der Waals surface area contributed by atoms with Gasteiger partial charge >= 0.3 is 0 Å². The van der Waals surface area contributed by atoms with Crippen LogP contribution < -0.4 is 5.32 Å². The Balaban J connectivity index is 1.58. The van der Waals surface area contributed by atoms with Crippen molar-refractivity contribution in [3.8, 4) is 0 Å². The molecule has 88 valence electrons. The Bertz CT molecular complexity index is 280. The average Bonchev–Trinajstić information content (AvgIpc) is 2.37. The number of thioether (sulfide) groups is 1.